The Labute approximate surface area is 156 Å². The average molecular weight is 377 g/mol. The van der Waals surface area contributed by atoms with Crippen LogP contribution in [0.2, 0.25) is 0 Å². The van der Waals surface area contributed by atoms with Crippen LogP contribution in [0.3, 0.4) is 0 Å². The van der Waals surface area contributed by atoms with Crippen LogP contribution in [0.5, 0.6) is 0 Å². The van der Waals surface area contributed by atoms with E-state index in [0.717, 1.165) is 5.69 Å². The molecule has 0 radical (unpaired) electrons. The molecule has 1 aromatic rings. The number of hydrogen-bond acceptors (Lipinski definition) is 7. The Morgan fingerprint density at radius 1 is 1.38 bits per heavy atom. The molecule has 26 heavy (non-hydrogen) atoms. The summed E-state index contributed by atoms with van der Waals surface area (Å²) in [6, 6.07) is 8.99. The number of rotatable bonds is 5. The van der Waals surface area contributed by atoms with Gasteiger partial charge in [0, 0.05) is 5.69 Å². The second-order valence-corrected chi connectivity index (χ2v) is 6.33. The summed E-state index contributed by atoms with van der Waals surface area (Å²) in [5.41, 5.74) is 1.27. The molecule has 2 aliphatic heterocycles. The molecule has 2 heterocycles. The van der Waals surface area contributed by atoms with Crippen LogP contribution in [0.25, 0.3) is 0 Å². The number of nitrogens with zero attached hydrogens (tertiary/aromatic N) is 1. The fourth-order valence-corrected chi connectivity index (χ4v) is 3.24. The number of anilines is 1. The van der Waals surface area contributed by atoms with E-state index in [2.05, 4.69) is 21.4 Å². The van der Waals surface area contributed by atoms with Gasteiger partial charge in [-0.05, 0) is 30.4 Å². The van der Waals surface area contributed by atoms with E-state index in [0.29, 0.717) is 23.9 Å². The van der Waals surface area contributed by atoms with Gasteiger partial charge in [-0.3, -0.25) is 0 Å². The van der Waals surface area contributed by atoms with Crippen molar-refractivity contribution in [1.82, 2.24) is 5.32 Å². The van der Waals surface area contributed by atoms with E-state index in [9.17, 15) is 4.79 Å². The quantitative estimate of drug-likeness (QED) is 0.563. The summed E-state index contributed by atoms with van der Waals surface area (Å²) in [4.78, 5) is 11.2. The van der Waals surface area contributed by atoms with E-state index in [1.807, 2.05) is 6.07 Å². The monoisotopic (exact) mass is 377 g/mol. The molecular weight excluding hydrogens is 358 g/mol. The molecule has 2 saturated heterocycles. The highest BCUT2D eigenvalue weighted by Crippen LogP contribution is 2.29. The third kappa shape index (κ3) is 4.28. The van der Waals surface area contributed by atoms with Crippen LogP contribution in [0.15, 0.2) is 24.3 Å². The molecule has 0 aromatic heterocycles. The van der Waals surface area contributed by atoms with Crippen molar-refractivity contribution in [3.63, 3.8) is 0 Å². The van der Waals surface area contributed by atoms with Crippen molar-refractivity contribution in [3.8, 4) is 6.07 Å². The molecule has 8 nitrogen and oxygen atoms in total. The van der Waals surface area contributed by atoms with Crippen molar-refractivity contribution in [1.29, 1.82) is 5.26 Å². The van der Waals surface area contributed by atoms with E-state index in [4.69, 9.17) is 31.7 Å². The Balaban J connectivity index is 1.51. The minimum atomic E-state index is -0.439. The lowest BCUT2D eigenvalue weighted by Crippen LogP contribution is -2.46. The Hall–Kier alpha value is -2.25. The molecule has 2 fully saturated rings. The van der Waals surface area contributed by atoms with Crippen LogP contribution >= 0.6 is 12.2 Å². The van der Waals surface area contributed by atoms with Gasteiger partial charge in [0.25, 0.3) is 0 Å². The lowest BCUT2D eigenvalue weighted by atomic mass is 10.1. The molecule has 138 valence electrons. The zero-order chi connectivity index (χ0) is 18.5. The number of ether oxygens (including phenoxy) is 4. The van der Waals surface area contributed by atoms with E-state index in [1.54, 1.807) is 18.2 Å². The second-order valence-electron chi connectivity index (χ2n) is 5.92. The third-order valence-electron chi connectivity index (χ3n) is 4.22. The van der Waals surface area contributed by atoms with E-state index >= 15 is 0 Å². The number of hydrogen-bond donors (Lipinski definition) is 2. The highest BCUT2D eigenvalue weighted by molar-refractivity contribution is 7.80. The number of nitrogens with one attached hydrogen (secondary N) is 2. The maximum atomic E-state index is 11.2. The molecule has 0 unspecified atom stereocenters. The predicted octanol–water partition coefficient (Wildman–Crippen LogP) is 0.569. The SMILES string of the molecule is COC(=O)CO[C@H]1CO[C@@H]2[C@@H]1OC[C@@H]2NC(=S)Nc1cccc(C#N)c1. The number of carbonyl (C=O) groups excluding carboxylic acids is 1. The molecule has 4 atom stereocenters. The first-order valence-corrected chi connectivity index (χ1v) is 8.51. The first kappa shape index (κ1) is 18.5. The molecule has 0 amide bonds. The number of carbonyl (C=O) groups is 1. The van der Waals surface area contributed by atoms with E-state index in [-0.39, 0.29) is 31.0 Å². The van der Waals surface area contributed by atoms with Gasteiger partial charge in [0.05, 0.1) is 38.0 Å². The smallest absolute Gasteiger partial charge is 0.331 e. The number of fused-ring (bicyclic) bond motifs is 1. The third-order valence-corrected chi connectivity index (χ3v) is 4.44. The number of benzene rings is 1. The number of nitriles is 1. The predicted molar refractivity (Wildman–Crippen MR) is 95.5 cm³/mol. The molecule has 2 aliphatic rings. The zero-order valence-electron chi connectivity index (χ0n) is 14.1. The van der Waals surface area contributed by atoms with Crippen molar-refractivity contribution >= 4 is 29.0 Å². The Bertz CT molecular complexity index is 723. The molecule has 1 aromatic carbocycles. The summed E-state index contributed by atoms with van der Waals surface area (Å²) >= 11 is 5.33. The maximum Gasteiger partial charge on any atom is 0.331 e. The molecule has 3 rings (SSSR count). The Kier molecular flexibility index (Phi) is 6.00. The van der Waals surface area contributed by atoms with Gasteiger partial charge in [-0.15, -0.1) is 0 Å². The summed E-state index contributed by atoms with van der Waals surface area (Å²) in [5, 5.41) is 15.6. The molecule has 0 saturated carbocycles. The average Bonchev–Trinajstić information content (AvgIpc) is 3.23. The first-order valence-electron chi connectivity index (χ1n) is 8.10. The first-order chi connectivity index (χ1) is 12.6. The van der Waals surface area contributed by atoms with Crippen molar-refractivity contribution in [2.24, 2.45) is 0 Å². The topological polar surface area (TPSA) is 102 Å². The number of methoxy groups -OCH3 is 1. The summed E-state index contributed by atoms with van der Waals surface area (Å²) < 4.78 is 21.6. The molecule has 0 spiro atoms. The van der Waals surface area contributed by atoms with Gasteiger partial charge < -0.3 is 29.6 Å². The van der Waals surface area contributed by atoms with Gasteiger partial charge >= 0.3 is 5.97 Å². The fourth-order valence-electron chi connectivity index (χ4n) is 2.97. The molecule has 0 aliphatic carbocycles. The molecule has 9 heteroatoms. The minimum absolute atomic E-state index is 0.133. The van der Waals surface area contributed by atoms with Gasteiger partial charge in [-0.25, -0.2) is 4.79 Å². The molecule has 2 N–H and O–H groups in total. The van der Waals surface area contributed by atoms with Crippen LogP contribution in [0.4, 0.5) is 5.69 Å². The minimum Gasteiger partial charge on any atom is -0.467 e. The van der Waals surface area contributed by atoms with Gasteiger partial charge in [-0.1, -0.05) is 6.07 Å². The molecule has 0 bridgehead atoms. The van der Waals surface area contributed by atoms with Gasteiger partial charge in [0.2, 0.25) is 0 Å². The van der Waals surface area contributed by atoms with Crippen LogP contribution in [-0.2, 0) is 23.7 Å². The zero-order valence-corrected chi connectivity index (χ0v) is 15.0. The van der Waals surface area contributed by atoms with Crippen LogP contribution in [0, 0.1) is 11.3 Å². The van der Waals surface area contributed by atoms with Crippen molar-refractivity contribution < 1.29 is 23.7 Å². The van der Waals surface area contributed by atoms with E-state index in [1.165, 1.54) is 7.11 Å². The van der Waals surface area contributed by atoms with Crippen molar-refractivity contribution in [2.45, 2.75) is 24.4 Å². The fraction of sp³-hybridized carbons (Fsp3) is 0.471. The van der Waals surface area contributed by atoms with Gasteiger partial charge in [-0.2, -0.15) is 5.26 Å². The van der Waals surface area contributed by atoms with Crippen LogP contribution in [-0.4, -0.2) is 62.4 Å². The summed E-state index contributed by atoms with van der Waals surface area (Å²) in [7, 11) is 1.31. The standard InChI is InChI=1S/C17H19N3O5S/c1-22-14(21)9-23-13-8-25-15-12(7-24-16(13)15)20-17(26)19-11-4-2-3-10(5-11)6-18/h2-5,12-13,15-16H,7-9H2,1H3,(H2,19,20,26)/t12-,13-,15-,16+/m0/s1. The van der Waals surface area contributed by atoms with Crippen LogP contribution in [0.1, 0.15) is 5.56 Å². The largest absolute Gasteiger partial charge is 0.467 e. The summed E-state index contributed by atoms with van der Waals surface area (Å²) in [6.07, 6.45) is -0.801. The molecular formula is C17H19N3O5S. The highest BCUT2D eigenvalue weighted by Gasteiger charge is 2.48. The normalized spacial score (nSPS) is 26.6. The maximum absolute atomic E-state index is 11.2. The second kappa shape index (κ2) is 8.42. The summed E-state index contributed by atoms with van der Waals surface area (Å²) in [5.74, 6) is -0.439. The lowest BCUT2D eigenvalue weighted by molar-refractivity contribution is -0.150. The van der Waals surface area contributed by atoms with Crippen LogP contribution < -0.4 is 10.6 Å². The highest BCUT2D eigenvalue weighted by atomic mass is 32.1. The van der Waals surface area contributed by atoms with Gasteiger partial charge in [0.15, 0.2) is 5.11 Å². The Morgan fingerprint density at radius 2 is 2.19 bits per heavy atom. The van der Waals surface area contributed by atoms with Gasteiger partial charge in [0.1, 0.15) is 24.9 Å². The van der Waals surface area contributed by atoms with Crippen molar-refractivity contribution in [3.05, 3.63) is 29.8 Å². The number of thiocarbonyl (C=S) groups is 1. The lowest BCUT2D eigenvalue weighted by Gasteiger charge is -2.20. The summed E-state index contributed by atoms with van der Waals surface area (Å²) in [6.45, 7) is 0.618. The Morgan fingerprint density at radius 3 is 2.96 bits per heavy atom. The van der Waals surface area contributed by atoms with Crippen molar-refractivity contribution in [2.75, 3.05) is 32.2 Å². The van der Waals surface area contributed by atoms with E-state index < -0.39 is 5.97 Å². The number of esters is 1.